The molecule has 19 heavy (non-hydrogen) atoms. The summed E-state index contributed by atoms with van der Waals surface area (Å²) in [5.41, 5.74) is 0. The molecular weight excluding hydrogens is 242 g/mol. The Kier molecular flexibility index (Phi) is 6.32. The first-order chi connectivity index (χ1) is 8.95. The Labute approximate surface area is 116 Å². The van der Waals surface area contributed by atoms with Crippen molar-refractivity contribution in [2.24, 2.45) is 23.7 Å². The number of hydrogen-bond acceptors (Lipinski definition) is 3. The summed E-state index contributed by atoms with van der Waals surface area (Å²) in [6.45, 7) is 8.64. The highest BCUT2D eigenvalue weighted by Gasteiger charge is 2.35. The molecule has 1 aliphatic carbocycles. The van der Waals surface area contributed by atoms with Crippen molar-refractivity contribution in [3.05, 3.63) is 0 Å². The van der Waals surface area contributed by atoms with E-state index in [9.17, 15) is 9.59 Å². The van der Waals surface area contributed by atoms with Crippen molar-refractivity contribution >= 4 is 11.9 Å². The van der Waals surface area contributed by atoms with Gasteiger partial charge in [0.1, 0.15) is 6.54 Å². The highest BCUT2D eigenvalue weighted by Crippen LogP contribution is 2.37. The van der Waals surface area contributed by atoms with E-state index in [4.69, 9.17) is 4.74 Å². The summed E-state index contributed by atoms with van der Waals surface area (Å²) in [6, 6.07) is 0. The Bertz CT molecular complexity index is 315. The highest BCUT2D eigenvalue weighted by molar-refractivity contribution is 5.83. The second kappa shape index (κ2) is 7.51. The molecule has 1 aliphatic rings. The summed E-state index contributed by atoms with van der Waals surface area (Å²) >= 11 is 0. The van der Waals surface area contributed by atoms with Gasteiger partial charge in [0.25, 0.3) is 0 Å². The third kappa shape index (κ3) is 4.84. The van der Waals surface area contributed by atoms with Crippen molar-refractivity contribution in [2.45, 2.75) is 47.0 Å². The van der Waals surface area contributed by atoms with Gasteiger partial charge in [-0.1, -0.05) is 27.2 Å². The maximum absolute atomic E-state index is 12.2. The van der Waals surface area contributed by atoms with Crippen LogP contribution in [0.25, 0.3) is 0 Å². The number of esters is 1. The zero-order valence-corrected chi connectivity index (χ0v) is 12.6. The second-order valence-electron chi connectivity index (χ2n) is 5.96. The van der Waals surface area contributed by atoms with Crippen LogP contribution in [0.15, 0.2) is 0 Å². The molecule has 1 amide bonds. The van der Waals surface area contributed by atoms with Crippen LogP contribution in [0, 0.1) is 23.7 Å². The molecule has 4 nitrogen and oxygen atoms in total. The van der Waals surface area contributed by atoms with E-state index in [1.54, 1.807) is 6.92 Å². The van der Waals surface area contributed by atoms with E-state index in [1.807, 2.05) is 0 Å². The van der Waals surface area contributed by atoms with Crippen LogP contribution in [0.2, 0.25) is 0 Å². The van der Waals surface area contributed by atoms with E-state index in [2.05, 4.69) is 26.1 Å². The molecule has 0 aromatic rings. The third-order valence-electron chi connectivity index (χ3n) is 4.07. The molecule has 0 bridgehead atoms. The van der Waals surface area contributed by atoms with E-state index in [0.717, 1.165) is 12.8 Å². The van der Waals surface area contributed by atoms with Gasteiger partial charge in [-0.15, -0.1) is 0 Å². The molecule has 0 heterocycles. The fourth-order valence-electron chi connectivity index (χ4n) is 3.01. The van der Waals surface area contributed by atoms with E-state index >= 15 is 0 Å². The number of nitrogens with one attached hydrogen (secondary N) is 1. The number of carbonyl (C=O) groups excluding carboxylic acids is 2. The van der Waals surface area contributed by atoms with Crippen LogP contribution in [-0.2, 0) is 14.3 Å². The predicted octanol–water partition coefficient (Wildman–Crippen LogP) is 2.37. The van der Waals surface area contributed by atoms with Crippen molar-refractivity contribution in [3.63, 3.8) is 0 Å². The monoisotopic (exact) mass is 269 g/mol. The maximum Gasteiger partial charge on any atom is 0.325 e. The van der Waals surface area contributed by atoms with Gasteiger partial charge in [-0.2, -0.15) is 0 Å². The summed E-state index contributed by atoms with van der Waals surface area (Å²) < 4.78 is 4.82. The minimum atomic E-state index is -0.360. The van der Waals surface area contributed by atoms with E-state index in [0.29, 0.717) is 24.4 Å². The molecule has 0 saturated heterocycles. The van der Waals surface area contributed by atoms with Gasteiger partial charge in [-0.25, -0.2) is 0 Å². The van der Waals surface area contributed by atoms with E-state index < -0.39 is 0 Å². The minimum Gasteiger partial charge on any atom is -0.465 e. The first-order valence-corrected chi connectivity index (χ1v) is 7.39. The number of carbonyl (C=O) groups is 2. The van der Waals surface area contributed by atoms with Gasteiger partial charge < -0.3 is 10.1 Å². The maximum atomic E-state index is 12.2. The molecule has 0 unspecified atom stereocenters. The molecule has 0 aromatic carbocycles. The molecule has 1 saturated carbocycles. The van der Waals surface area contributed by atoms with Gasteiger partial charge in [0.15, 0.2) is 0 Å². The quantitative estimate of drug-likeness (QED) is 0.780. The van der Waals surface area contributed by atoms with Crippen LogP contribution in [0.5, 0.6) is 0 Å². The normalized spacial score (nSPS) is 27.1. The van der Waals surface area contributed by atoms with Crippen LogP contribution in [0.4, 0.5) is 0 Å². The third-order valence-corrected chi connectivity index (χ3v) is 4.07. The lowest BCUT2D eigenvalue weighted by Crippen LogP contribution is -2.42. The molecular formula is C15H27NO3. The summed E-state index contributed by atoms with van der Waals surface area (Å²) in [5, 5.41) is 2.73. The minimum absolute atomic E-state index is 0.0115. The lowest BCUT2D eigenvalue weighted by molar-refractivity contribution is -0.144. The molecule has 0 spiro atoms. The molecule has 1 fully saturated rings. The summed E-state index contributed by atoms with van der Waals surface area (Å²) in [7, 11) is 0. The van der Waals surface area contributed by atoms with E-state index in [-0.39, 0.29) is 24.3 Å². The largest absolute Gasteiger partial charge is 0.465 e. The molecule has 1 rings (SSSR count). The molecule has 110 valence electrons. The average molecular weight is 269 g/mol. The molecule has 1 N–H and O–H groups in total. The van der Waals surface area contributed by atoms with Crippen molar-refractivity contribution < 1.29 is 14.3 Å². The number of hydrogen-bond donors (Lipinski definition) is 1. The van der Waals surface area contributed by atoms with Crippen LogP contribution in [0.3, 0.4) is 0 Å². The first kappa shape index (κ1) is 16.0. The molecule has 0 radical (unpaired) electrons. The van der Waals surface area contributed by atoms with Crippen molar-refractivity contribution in [1.82, 2.24) is 5.32 Å². The van der Waals surface area contributed by atoms with Crippen LogP contribution < -0.4 is 5.32 Å². The number of ether oxygens (including phenoxy) is 1. The first-order valence-electron chi connectivity index (χ1n) is 7.39. The standard InChI is InChI=1S/C15H27NO3/c1-5-19-14(17)9-16-15(18)13-8-11(4)6-7-12(13)10(2)3/h10-13H,5-9H2,1-4H3,(H,16,18)/t11-,12-,13+/m0/s1. The van der Waals surface area contributed by atoms with Gasteiger partial charge in [0, 0.05) is 5.92 Å². The lowest BCUT2D eigenvalue weighted by Gasteiger charge is -2.36. The summed E-state index contributed by atoms with van der Waals surface area (Å²) in [6.07, 6.45) is 3.23. The van der Waals surface area contributed by atoms with Crippen molar-refractivity contribution in [1.29, 1.82) is 0 Å². The Balaban J connectivity index is 2.53. The summed E-state index contributed by atoms with van der Waals surface area (Å²) in [4.78, 5) is 23.5. The zero-order chi connectivity index (χ0) is 14.4. The van der Waals surface area contributed by atoms with Gasteiger partial charge in [0.2, 0.25) is 5.91 Å². The fourth-order valence-corrected chi connectivity index (χ4v) is 3.01. The van der Waals surface area contributed by atoms with Gasteiger partial charge in [-0.05, 0) is 37.5 Å². The number of amides is 1. The second-order valence-corrected chi connectivity index (χ2v) is 5.96. The predicted molar refractivity (Wildman–Crippen MR) is 74.5 cm³/mol. The zero-order valence-electron chi connectivity index (χ0n) is 12.6. The van der Waals surface area contributed by atoms with Crippen molar-refractivity contribution in [3.8, 4) is 0 Å². The molecule has 3 atom stereocenters. The Hall–Kier alpha value is -1.06. The van der Waals surface area contributed by atoms with Crippen LogP contribution >= 0.6 is 0 Å². The number of rotatable bonds is 5. The van der Waals surface area contributed by atoms with Gasteiger partial charge >= 0.3 is 5.97 Å². The Morgan fingerprint density at radius 1 is 1.32 bits per heavy atom. The highest BCUT2D eigenvalue weighted by atomic mass is 16.5. The molecule has 0 aliphatic heterocycles. The Morgan fingerprint density at radius 3 is 2.58 bits per heavy atom. The van der Waals surface area contributed by atoms with Gasteiger partial charge in [-0.3, -0.25) is 9.59 Å². The molecule has 0 aromatic heterocycles. The smallest absolute Gasteiger partial charge is 0.325 e. The van der Waals surface area contributed by atoms with Crippen LogP contribution in [0.1, 0.15) is 47.0 Å². The van der Waals surface area contributed by atoms with E-state index in [1.165, 1.54) is 6.42 Å². The van der Waals surface area contributed by atoms with Crippen LogP contribution in [-0.4, -0.2) is 25.0 Å². The van der Waals surface area contributed by atoms with Crippen molar-refractivity contribution in [2.75, 3.05) is 13.2 Å². The average Bonchev–Trinajstić information content (AvgIpc) is 2.35. The lowest BCUT2D eigenvalue weighted by atomic mass is 9.70. The van der Waals surface area contributed by atoms with Gasteiger partial charge in [0.05, 0.1) is 6.61 Å². The topological polar surface area (TPSA) is 55.4 Å². The summed E-state index contributed by atoms with van der Waals surface area (Å²) in [5.74, 6) is 1.22. The fraction of sp³-hybridized carbons (Fsp3) is 0.867. The Morgan fingerprint density at radius 2 is 2.00 bits per heavy atom. The SMILES string of the molecule is CCOC(=O)CNC(=O)[C@@H]1C[C@@H](C)CC[C@H]1C(C)C. The molecule has 4 heteroatoms.